The maximum absolute atomic E-state index is 13.4. The molecule has 33 heavy (non-hydrogen) atoms. The van der Waals surface area contributed by atoms with Crippen molar-refractivity contribution in [3.63, 3.8) is 0 Å². The minimum atomic E-state index is -0.102. The highest BCUT2D eigenvalue weighted by atomic mass is 16.1. The van der Waals surface area contributed by atoms with Crippen molar-refractivity contribution in [1.82, 2.24) is 15.0 Å². The van der Waals surface area contributed by atoms with E-state index >= 15 is 0 Å². The fourth-order valence-electron chi connectivity index (χ4n) is 4.51. The first-order valence-corrected chi connectivity index (χ1v) is 11.4. The molecular formula is C28H28N4O. The van der Waals surface area contributed by atoms with Crippen LogP contribution in [0.1, 0.15) is 47.5 Å². The predicted molar refractivity (Wildman–Crippen MR) is 133 cm³/mol. The Morgan fingerprint density at radius 3 is 2.64 bits per heavy atom. The Hall–Kier alpha value is -3.86. The maximum atomic E-state index is 13.4. The lowest BCUT2D eigenvalue weighted by atomic mass is 9.90. The van der Waals surface area contributed by atoms with Crippen LogP contribution < -0.4 is 4.90 Å². The summed E-state index contributed by atoms with van der Waals surface area (Å²) in [7, 11) is 0. The Balaban J connectivity index is 0.00000274. The summed E-state index contributed by atoms with van der Waals surface area (Å²) in [5.74, 6) is 1.23. The van der Waals surface area contributed by atoms with Gasteiger partial charge in [0.1, 0.15) is 11.5 Å². The van der Waals surface area contributed by atoms with Crippen molar-refractivity contribution in [2.75, 3.05) is 18.0 Å². The number of nitrogens with zero attached hydrogens (tertiary/aromatic N) is 4. The fraction of sp³-hybridized carbons (Fsp3) is 0.214. The molecule has 1 atom stereocenters. The number of piperidine rings is 1. The lowest BCUT2D eigenvalue weighted by molar-refractivity contribution is 0.103. The largest absolute Gasteiger partial charge is 0.356 e. The van der Waals surface area contributed by atoms with E-state index in [4.69, 9.17) is 4.98 Å². The minimum absolute atomic E-state index is 0. The first-order valence-electron chi connectivity index (χ1n) is 11.4. The van der Waals surface area contributed by atoms with Crippen molar-refractivity contribution in [2.45, 2.75) is 25.7 Å². The molecule has 3 aromatic heterocycles. The number of aryl methyl sites for hydroxylation is 1. The molecule has 4 heterocycles. The molecule has 0 amide bonds. The fourth-order valence-corrected chi connectivity index (χ4v) is 4.51. The topological polar surface area (TPSA) is 59.0 Å². The minimum Gasteiger partial charge on any atom is -0.356 e. The van der Waals surface area contributed by atoms with Crippen LogP contribution in [-0.2, 0) is 0 Å². The number of anilines is 1. The monoisotopic (exact) mass is 436 g/mol. The summed E-state index contributed by atoms with van der Waals surface area (Å²) in [6, 6.07) is 22.1. The highest BCUT2D eigenvalue weighted by Crippen LogP contribution is 2.29. The van der Waals surface area contributed by atoms with Crippen molar-refractivity contribution < 1.29 is 6.22 Å². The number of pyridine rings is 3. The summed E-state index contributed by atoms with van der Waals surface area (Å²) in [5, 5.41) is 0. The zero-order chi connectivity index (χ0) is 22.6. The third-order valence-electron chi connectivity index (χ3n) is 6.33. The van der Waals surface area contributed by atoms with Crippen LogP contribution in [0.25, 0.3) is 11.1 Å². The van der Waals surface area contributed by atoms with Gasteiger partial charge in [0.05, 0.1) is 0 Å². The van der Waals surface area contributed by atoms with Crippen molar-refractivity contribution in [3.8, 4) is 11.1 Å². The van der Waals surface area contributed by atoms with Gasteiger partial charge in [-0.25, -0.2) is 4.98 Å². The Labute approximate surface area is 195 Å². The van der Waals surface area contributed by atoms with Crippen molar-refractivity contribution in [1.29, 1.82) is 0 Å². The molecule has 5 heteroatoms. The van der Waals surface area contributed by atoms with Gasteiger partial charge in [-0.05, 0) is 61.2 Å². The number of ketones is 1. The van der Waals surface area contributed by atoms with E-state index in [1.54, 1.807) is 24.7 Å². The van der Waals surface area contributed by atoms with Gasteiger partial charge in [0.2, 0.25) is 5.78 Å². The van der Waals surface area contributed by atoms with E-state index in [1.807, 2.05) is 37.3 Å². The molecule has 4 aromatic rings. The summed E-state index contributed by atoms with van der Waals surface area (Å²) in [6.45, 7) is 3.72. The van der Waals surface area contributed by atoms with Crippen LogP contribution >= 0.6 is 0 Å². The van der Waals surface area contributed by atoms with Crippen LogP contribution in [0, 0.1) is 6.92 Å². The predicted octanol–water partition coefficient (Wildman–Crippen LogP) is 5.71. The van der Waals surface area contributed by atoms with E-state index in [0.717, 1.165) is 36.5 Å². The zero-order valence-corrected chi connectivity index (χ0v) is 18.7. The molecule has 5 nitrogen and oxygen atoms in total. The average molecular weight is 437 g/mol. The Bertz CT molecular complexity index is 1260. The first-order chi connectivity index (χ1) is 16.2. The Morgan fingerprint density at radius 1 is 1.00 bits per heavy atom. The second-order valence-electron chi connectivity index (χ2n) is 8.50. The summed E-state index contributed by atoms with van der Waals surface area (Å²) < 4.78 is 0. The van der Waals surface area contributed by atoms with E-state index in [2.05, 4.69) is 45.2 Å². The van der Waals surface area contributed by atoms with E-state index in [1.165, 1.54) is 12.0 Å². The molecule has 0 aliphatic carbocycles. The van der Waals surface area contributed by atoms with Crippen LogP contribution in [0.4, 0.5) is 5.82 Å². The quantitative estimate of drug-likeness (QED) is 0.375. The number of rotatable bonds is 5. The summed E-state index contributed by atoms with van der Waals surface area (Å²) in [6.07, 6.45) is 7.55. The SMILES string of the molecule is Cc1ncc(-c2ccncc2)cc1C(=O)c1cccc(N2CCCC(c3ccccc3)C2)n1.[HH]. The molecule has 5 rings (SSSR count). The summed E-state index contributed by atoms with van der Waals surface area (Å²) in [5.41, 5.74) is 4.97. The molecule has 1 aromatic carbocycles. The number of carbonyl (C=O) groups is 1. The summed E-state index contributed by atoms with van der Waals surface area (Å²) in [4.78, 5) is 29.1. The Kier molecular flexibility index (Phi) is 5.94. The molecule has 166 valence electrons. The molecule has 0 N–H and O–H groups in total. The van der Waals surface area contributed by atoms with Gasteiger partial charge < -0.3 is 4.90 Å². The van der Waals surface area contributed by atoms with E-state index in [9.17, 15) is 4.79 Å². The number of hydrogen-bond donors (Lipinski definition) is 0. The molecule has 0 spiro atoms. The van der Waals surface area contributed by atoms with E-state index in [-0.39, 0.29) is 7.21 Å². The van der Waals surface area contributed by atoms with Gasteiger partial charge >= 0.3 is 0 Å². The molecule has 0 radical (unpaired) electrons. The number of benzene rings is 1. The molecular weight excluding hydrogens is 408 g/mol. The van der Waals surface area contributed by atoms with Gasteiger partial charge in [-0.1, -0.05) is 36.4 Å². The number of hydrogen-bond acceptors (Lipinski definition) is 5. The van der Waals surface area contributed by atoms with Gasteiger partial charge in [-0.3, -0.25) is 14.8 Å². The molecule has 1 aliphatic heterocycles. The number of aromatic nitrogens is 3. The maximum Gasteiger partial charge on any atom is 0.213 e. The van der Waals surface area contributed by atoms with Gasteiger partial charge in [0.25, 0.3) is 0 Å². The molecule has 1 aliphatic rings. The zero-order valence-electron chi connectivity index (χ0n) is 18.7. The molecule has 0 saturated carbocycles. The van der Waals surface area contributed by atoms with Crippen LogP contribution in [0.5, 0.6) is 0 Å². The van der Waals surface area contributed by atoms with Crippen LogP contribution in [0.2, 0.25) is 0 Å². The number of carbonyl (C=O) groups excluding carboxylic acids is 1. The first kappa shape index (κ1) is 21.0. The van der Waals surface area contributed by atoms with E-state index < -0.39 is 0 Å². The van der Waals surface area contributed by atoms with Gasteiger partial charge in [-0.2, -0.15) is 0 Å². The molecule has 0 bridgehead atoms. The van der Waals surface area contributed by atoms with Gasteiger partial charge in [0, 0.05) is 55.8 Å². The summed E-state index contributed by atoms with van der Waals surface area (Å²) >= 11 is 0. The van der Waals surface area contributed by atoms with Crippen molar-refractivity contribution in [3.05, 3.63) is 108 Å². The normalized spacial score (nSPS) is 15.9. The van der Waals surface area contributed by atoms with Crippen molar-refractivity contribution in [2.24, 2.45) is 0 Å². The third-order valence-corrected chi connectivity index (χ3v) is 6.33. The third kappa shape index (κ3) is 4.53. The van der Waals surface area contributed by atoms with Crippen molar-refractivity contribution >= 4 is 11.6 Å². The van der Waals surface area contributed by atoms with Crippen LogP contribution in [0.3, 0.4) is 0 Å². The van der Waals surface area contributed by atoms with Gasteiger partial charge in [0.15, 0.2) is 0 Å². The highest BCUT2D eigenvalue weighted by molar-refractivity contribution is 6.09. The average Bonchev–Trinajstić information content (AvgIpc) is 2.90. The van der Waals surface area contributed by atoms with Crippen LogP contribution in [0.15, 0.2) is 85.3 Å². The molecule has 1 saturated heterocycles. The second-order valence-corrected chi connectivity index (χ2v) is 8.50. The van der Waals surface area contributed by atoms with Gasteiger partial charge in [-0.15, -0.1) is 0 Å². The Morgan fingerprint density at radius 2 is 1.82 bits per heavy atom. The highest BCUT2D eigenvalue weighted by Gasteiger charge is 2.23. The van der Waals surface area contributed by atoms with Crippen LogP contribution in [-0.4, -0.2) is 33.8 Å². The molecule has 1 fully saturated rings. The lowest BCUT2D eigenvalue weighted by Gasteiger charge is -2.34. The lowest BCUT2D eigenvalue weighted by Crippen LogP contribution is -2.35. The second kappa shape index (κ2) is 9.33. The standard InChI is InChI=1S/C28H26N4O.H2/c1-20-25(17-24(18-30-20)22-12-14-29-15-13-22)28(33)26-10-5-11-27(31-26)32-16-6-9-23(19-32)21-7-3-2-4-8-21;/h2-5,7-8,10-15,17-18,23H,6,9,16,19H2,1H3;1H. The van der Waals surface area contributed by atoms with E-state index in [0.29, 0.717) is 22.9 Å². The smallest absolute Gasteiger partial charge is 0.213 e. The molecule has 1 unspecified atom stereocenters.